The normalized spacial score (nSPS) is 15.7. The van der Waals surface area contributed by atoms with Crippen LogP contribution in [0.15, 0.2) is 24.3 Å². The van der Waals surface area contributed by atoms with Crippen molar-refractivity contribution >= 4 is 11.6 Å². The number of hydrogen-bond donors (Lipinski definition) is 1. The van der Waals surface area contributed by atoms with E-state index in [1.807, 2.05) is 6.92 Å². The van der Waals surface area contributed by atoms with Crippen LogP contribution in [0.4, 0.5) is 5.69 Å². The number of amides is 1. The zero-order chi connectivity index (χ0) is 18.1. The van der Waals surface area contributed by atoms with Crippen LogP contribution in [0, 0.1) is 10.1 Å². The summed E-state index contributed by atoms with van der Waals surface area (Å²) in [6.07, 6.45) is 0.896. The van der Waals surface area contributed by atoms with Crippen molar-refractivity contribution in [3.05, 3.63) is 34.4 Å². The molecule has 0 bridgehead atoms. The number of nitrogens with zero attached hydrogens (tertiary/aromatic N) is 3. The Bertz CT molecular complexity index is 556. The Balaban J connectivity index is 1.58. The van der Waals surface area contributed by atoms with E-state index >= 15 is 0 Å². The van der Waals surface area contributed by atoms with E-state index in [1.54, 1.807) is 12.1 Å². The van der Waals surface area contributed by atoms with Gasteiger partial charge in [0.05, 0.1) is 18.1 Å². The number of benzene rings is 1. The van der Waals surface area contributed by atoms with Gasteiger partial charge in [0.2, 0.25) is 5.91 Å². The highest BCUT2D eigenvalue weighted by Crippen LogP contribution is 2.17. The average molecular weight is 350 g/mol. The van der Waals surface area contributed by atoms with Crippen LogP contribution in [0.25, 0.3) is 0 Å². The zero-order valence-electron chi connectivity index (χ0n) is 14.6. The van der Waals surface area contributed by atoms with Crippen molar-refractivity contribution in [1.29, 1.82) is 0 Å². The van der Waals surface area contributed by atoms with Crippen molar-refractivity contribution in [1.82, 2.24) is 15.1 Å². The maximum absolute atomic E-state index is 11.6. The summed E-state index contributed by atoms with van der Waals surface area (Å²) in [4.78, 5) is 26.3. The lowest BCUT2D eigenvalue weighted by atomic mass is 10.3. The number of nitrogens with one attached hydrogen (secondary N) is 1. The molecular formula is C17H26N4O4. The maximum atomic E-state index is 11.6. The fourth-order valence-corrected chi connectivity index (χ4v) is 2.77. The summed E-state index contributed by atoms with van der Waals surface area (Å²) in [5.74, 6) is 0.741. The first-order valence-electron chi connectivity index (χ1n) is 8.67. The van der Waals surface area contributed by atoms with Crippen molar-refractivity contribution < 1.29 is 14.5 Å². The monoisotopic (exact) mass is 350 g/mol. The molecule has 0 radical (unpaired) electrons. The molecule has 1 heterocycles. The Morgan fingerprint density at radius 3 is 2.44 bits per heavy atom. The number of rotatable bonds is 9. The minimum atomic E-state index is -0.421. The molecule has 8 heteroatoms. The standard InChI is InChI=1S/C17H26N4O4/c1-2-18-17(22)14-20-11-9-19(10-12-20)8-3-13-25-16-6-4-15(5-7-16)21(23)24/h4-7H,2-3,8-14H2,1H3,(H,18,22). The van der Waals surface area contributed by atoms with Crippen LogP contribution in [0.5, 0.6) is 5.75 Å². The minimum absolute atomic E-state index is 0.0674. The van der Waals surface area contributed by atoms with E-state index in [1.165, 1.54) is 12.1 Å². The van der Waals surface area contributed by atoms with E-state index in [4.69, 9.17) is 4.74 Å². The van der Waals surface area contributed by atoms with Crippen LogP contribution in [-0.2, 0) is 4.79 Å². The van der Waals surface area contributed by atoms with Crippen LogP contribution < -0.4 is 10.1 Å². The van der Waals surface area contributed by atoms with Gasteiger partial charge < -0.3 is 15.0 Å². The van der Waals surface area contributed by atoms with Crippen molar-refractivity contribution in [2.24, 2.45) is 0 Å². The van der Waals surface area contributed by atoms with E-state index in [0.29, 0.717) is 25.4 Å². The lowest BCUT2D eigenvalue weighted by Crippen LogP contribution is -2.49. The lowest BCUT2D eigenvalue weighted by Gasteiger charge is -2.34. The Labute approximate surface area is 147 Å². The number of carbonyl (C=O) groups excluding carboxylic acids is 1. The van der Waals surface area contributed by atoms with E-state index in [2.05, 4.69) is 15.1 Å². The summed E-state index contributed by atoms with van der Waals surface area (Å²) in [6.45, 7) is 8.32. The zero-order valence-corrected chi connectivity index (χ0v) is 14.6. The lowest BCUT2D eigenvalue weighted by molar-refractivity contribution is -0.384. The predicted octanol–water partition coefficient (Wildman–Crippen LogP) is 1.12. The molecule has 25 heavy (non-hydrogen) atoms. The summed E-state index contributed by atoms with van der Waals surface area (Å²) in [7, 11) is 0. The molecule has 1 N–H and O–H groups in total. The van der Waals surface area contributed by atoms with E-state index in [-0.39, 0.29) is 11.6 Å². The third-order valence-electron chi connectivity index (χ3n) is 4.14. The topological polar surface area (TPSA) is 88.0 Å². The quantitative estimate of drug-likeness (QED) is 0.408. The number of non-ortho nitro benzene ring substituents is 1. The van der Waals surface area contributed by atoms with Gasteiger partial charge in [-0.05, 0) is 25.5 Å². The molecule has 0 atom stereocenters. The molecule has 1 fully saturated rings. The van der Waals surface area contributed by atoms with Crippen LogP contribution in [0.1, 0.15) is 13.3 Å². The molecular weight excluding hydrogens is 324 g/mol. The Morgan fingerprint density at radius 1 is 1.20 bits per heavy atom. The first-order valence-corrected chi connectivity index (χ1v) is 8.67. The largest absolute Gasteiger partial charge is 0.494 e. The first-order chi connectivity index (χ1) is 12.1. The Morgan fingerprint density at radius 2 is 1.84 bits per heavy atom. The fourth-order valence-electron chi connectivity index (χ4n) is 2.77. The van der Waals surface area contributed by atoms with Crippen LogP contribution >= 0.6 is 0 Å². The smallest absolute Gasteiger partial charge is 0.269 e. The number of hydrogen-bond acceptors (Lipinski definition) is 6. The molecule has 0 aromatic heterocycles. The summed E-state index contributed by atoms with van der Waals surface area (Å²) in [5, 5.41) is 13.4. The van der Waals surface area contributed by atoms with Gasteiger partial charge >= 0.3 is 0 Å². The third-order valence-corrected chi connectivity index (χ3v) is 4.14. The Hall–Kier alpha value is -2.19. The van der Waals surface area contributed by atoms with Crippen LogP contribution in [0.3, 0.4) is 0 Å². The summed E-state index contributed by atoms with van der Waals surface area (Å²) >= 11 is 0. The molecule has 0 aliphatic carbocycles. The van der Waals surface area contributed by atoms with Crippen LogP contribution in [-0.4, -0.2) is 73.1 Å². The van der Waals surface area contributed by atoms with E-state index in [0.717, 1.165) is 39.1 Å². The van der Waals surface area contributed by atoms with Gasteiger partial charge in [0.1, 0.15) is 5.75 Å². The molecule has 1 aromatic carbocycles. The highest BCUT2D eigenvalue weighted by molar-refractivity contribution is 5.77. The predicted molar refractivity (Wildman–Crippen MR) is 94.8 cm³/mol. The van der Waals surface area contributed by atoms with Crippen molar-refractivity contribution in [2.45, 2.75) is 13.3 Å². The molecule has 0 saturated carbocycles. The summed E-state index contributed by atoms with van der Waals surface area (Å²) in [5.41, 5.74) is 0.0674. The Kier molecular flexibility index (Phi) is 7.62. The van der Waals surface area contributed by atoms with Crippen molar-refractivity contribution in [3.8, 4) is 5.75 Å². The number of nitro groups is 1. The summed E-state index contributed by atoms with van der Waals surface area (Å²) in [6, 6.07) is 6.14. The van der Waals surface area contributed by atoms with Gasteiger partial charge in [-0.25, -0.2) is 0 Å². The number of carbonyl (C=O) groups is 1. The molecule has 8 nitrogen and oxygen atoms in total. The average Bonchev–Trinajstić information content (AvgIpc) is 2.60. The van der Waals surface area contributed by atoms with Crippen molar-refractivity contribution in [3.63, 3.8) is 0 Å². The molecule has 0 unspecified atom stereocenters. The van der Waals surface area contributed by atoms with Crippen LogP contribution in [0.2, 0.25) is 0 Å². The highest BCUT2D eigenvalue weighted by Gasteiger charge is 2.18. The van der Waals surface area contributed by atoms with Crippen molar-refractivity contribution in [2.75, 3.05) is 52.4 Å². The SMILES string of the molecule is CCNC(=O)CN1CCN(CCCOc2ccc([N+](=O)[O-])cc2)CC1. The number of piperazine rings is 1. The van der Waals surface area contributed by atoms with Gasteiger partial charge in [0, 0.05) is 51.4 Å². The first kappa shape index (κ1) is 19.1. The second kappa shape index (κ2) is 9.95. The second-order valence-electron chi connectivity index (χ2n) is 6.02. The molecule has 1 aromatic rings. The third kappa shape index (κ3) is 6.67. The van der Waals surface area contributed by atoms with Gasteiger partial charge in [-0.2, -0.15) is 0 Å². The molecule has 1 aliphatic heterocycles. The van der Waals surface area contributed by atoms with Gasteiger partial charge in [0.25, 0.3) is 5.69 Å². The number of nitro benzene ring substituents is 1. The molecule has 138 valence electrons. The highest BCUT2D eigenvalue weighted by atomic mass is 16.6. The maximum Gasteiger partial charge on any atom is 0.269 e. The van der Waals surface area contributed by atoms with Gasteiger partial charge in [-0.1, -0.05) is 0 Å². The minimum Gasteiger partial charge on any atom is -0.494 e. The van der Waals surface area contributed by atoms with Gasteiger partial charge in [-0.3, -0.25) is 19.8 Å². The molecule has 1 aliphatic rings. The molecule has 0 spiro atoms. The summed E-state index contributed by atoms with van der Waals surface area (Å²) < 4.78 is 5.62. The molecule has 1 amide bonds. The molecule has 1 saturated heterocycles. The van der Waals surface area contributed by atoms with E-state index in [9.17, 15) is 14.9 Å². The fraction of sp³-hybridized carbons (Fsp3) is 0.588. The number of likely N-dealkylation sites (N-methyl/N-ethyl adjacent to an activating group) is 1. The second-order valence-corrected chi connectivity index (χ2v) is 6.02. The molecule has 2 rings (SSSR count). The van der Waals surface area contributed by atoms with Gasteiger partial charge in [0.15, 0.2) is 0 Å². The van der Waals surface area contributed by atoms with E-state index < -0.39 is 4.92 Å². The number of ether oxygens (including phenoxy) is 1. The van der Waals surface area contributed by atoms with Gasteiger partial charge in [-0.15, -0.1) is 0 Å².